The second-order valence-electron chi connectivity index (χ2n) is 8.38. The van der Waals surface area contributed by atoms with Crippen molar-refractivity contribution in [1.29, 1.82) is 0 Å². The van der Waals surface area contributed by atoms with Crippen LogP contribution in [0.3, 0.4) is 0 Å². The third-order valence-corrected chi connectivity index (χ3v) is 5.60. The van der Waals surface area contributed by atoms with Crippen LogP contribution in [0.2, 0.25) is 0 Å². The van der Waals surface area contributed by atoms with Gasteiger partial charge in [-0.1, -0.05) is 51.3 Å². The highest BCUT2D eigenvalue weighted by Gasteiger charge is 2.21. The van der Waals surface area contributed by atoms with Crippen molar-refractivity contribution in [2.45, 2.75) is 64.9 Å². The molecule has 2 N–H and O–H groups in total. The number of benzene rings is 2. The summed E-state index contributed by atoms with van der Waals surface area (Å²) in [7, 11) is 0. The summed E-state index contributed by atoms with van der Waals surface area (Å²) in [5.41, 5.74) is 2.56. The predicted molar refractivity (Wildman–Crippen MR) is 121 cm³/mol. The maximum atomic E-state index is 12.5. The molecule has 2 amide bonds. The molecule has 3 rings (SSSR count). The molecule has 5 nitrogen and oxygen atoms in total. The molecule has 1 aliphatic carbocycles. The summed E-state index contributed by atoms with van der Waals surface area (Å²) in [5.74, 6) is 1.03. The highest BCUT2D eigenvalue weighted by molar-refractivity contribution is 5.96. The van der Waals surface area contributed by atoms with E-state index >= 15 is 0 Å². The van der Waals surface area contributed by atoms with Crippen molar-refractivity contribution in [1.82, 2.24) is 0 Å². The van der Waals surface area contributed by atoms with Gasteiger partial charge in [-0.3, -0.25) is 9.59 Å². The Labute approximate surface area is 179 Å². The quantitative estimate of drug-likeness (QED) is 0.614. The van der Waals surface area contributed by atoms with E-state index in [1.807, 2.05) is 36.4 Å². The van der Waals surface area contributed by atoms with Crippen LogP contribution in [0.5, 0.6) is 5.75 Å². The number of carbonyl (C=O) groups excluding carboxylic acids is 2. The van der Waals surface area contributed by atoms with Gasteiger partial charge < -0.3 is 15.4 Å². The maximum absolute atomic E-state index is 12.5. The minimum absolute atomic E-state index is 0.0692. The molecule has 1 saturated carbocycles. The van der Waals surface area contributed by atoms with Crippen molar-refractivity contribution in [3.05, 3.63) is 54.1 Å². The molecule has 1 atom stereocenters. The van der Waals surface area contributed by atoms with Gasteiger partial charge in [0.1, 0.15) is 5.75 Å². The van der Waals surface area contributed by atoms with Crippen LogP contribution in [0, 0.1) is 5.92 Å². The lowest BCUT2D eigenvalue weighted by Crippen LogP contribution is -2.30. The van der Waals surface area contributed by atoms with E-state index in [9.17, 15) is 9.59 Å². The van der Waals surface area contributed by atoms with Gasteiger partial charge in [0.2, 0.25) is 5.91 Å². The molecule has 5 heteroatoms. The van der Waals surface area contributed by atoms with Crippen LogP contribution in [0.15, 0.2) is 48.5 Å². The Hall–Kier alpha value is -2.82. The summed E-state index contributed by atoms with van der Waals surface area (Å²) in [6, 6.07) is 15.1. The fourth-order valence-corrected chi connectivity index (χ4v) is 3.72. The van der Waals surface area contributed by atoms with Crippen molar-refractivity contribution < 1.29 is 14.3 Å². The highest BCUT2D eigenvalue weighted by atomic mass is 16.5. The van der Waals surface area contributed by atoms with Crippen molar-refractivity contribution in [3.63, 3.8) is 0 Å². The van der Waals surface area contributed by atoms with Crippen LogP contribution in [0.25, 0.3) is 0 Å². The van der Waals surface area contributed by atoms with Gasteiger partial charge in [-0.05, 0) is 61.6 Å². The van der Waals surface area contributed by atoms with Crippen molar-refractivity contribution in [2.24, 2.45) is 5.92 Å². The summed E-state index contributed by atoms with van der Waals surface area (Å²) in [6.07, 6.45) is 4.71. The number of hydrogen-bond acceptors (Lipinski definition) is 3. The third-order valence-electron chi connectivity index (χ3n) is 5.60. The molecule has 30 heavy (non-hydrogen) atoms. The average molecular weight is 409 g/mol. The van der Waals surface area contributed by atoms with E-state index in [2.05, 4.69) is 24.5 Å². The number of ether oxygens (including phenoxy) is 1. The second-order valence-corrected chi connectivity index (χ2v) is 8.38. The number of nitrogens with one attached hydrogen (secondary N) is 2. The first kappa shape index (κ1) is 21.9. The molecule has 160 valence electrons. The van der Waals surface area contributed by atoms with Gasteiger partial charge in [0.25, 0.3) is 5.91 Å². The Balaban J connectivity index is 1.55. The Morgan fingerprint density at radius 3 is 2.17 bits per heavy atom. The first-order valence-electron chi connectivity index (χ1n) is 10.9. The van der Waals surface area contributed by atoms with E-state index in [-0.39, 0.29) is 17.7 Å². The number of carbonyl (C=O) groups is 2. The molecular formula is C25H32N2O3. The van der Waals surface area contributed by atoms with Gasteiger partial charge in [-0.15, -0.1) is 0 Å². The molecule has 1 fully saturated rings. The van der Waals surface area contributed by atoms with Crippen LogP contribution in [0.4, 0.5) is 11.4 Å². The minimum atomic E-state index is -0.643. The predicted octanol–water partition coefficient (Wildman–Crippen LogP) is 5.73. The smallest absolute Gasteiger partial charge is 0.265 e. The van der Waals surface area contributed by atoms with Crippen molar-refractivity contribution in [2.75, 3.05) is 10.6 Å². The zero-order valence-electron chi connectivity index (χ0n) is 18.1. The highest BCUT2D eigenvalue weighted by Crippen LogP contribution is 2.26. The van der Waals surface area contributed by atoms with Crippen LogP contribution in [-0.4, -0.2) is 17.9 Å². The molecule has 2 aromatic carbocycles. The zero-order valence-corrected chi connectivity index (χ0v) is 18.1. The van der Waals surface area contributed by atoms with Crippen LogP contribution in [0.1, 0.15) is 64.4 Å². The van der Waals surface area contributed by atoms with Gasteiger partial charge in [0, 0.05) is 17.3 Å². The Bertz CT molecular complexity index is 855. The fraction of sp³-hybridized carbons (Fsp3) is 0.440. The largest absolute Gasteiger partial charge is 0.481 e. The van der Waals surface area contributed by atoms with Gasteiger partial charge >= 0.3 is 0 Å². The van der Waals surface area contributed by atoms with Crippen molar-refractivity contribution >= 4 is 23.2 Å². The molecule has 1 aliphatic rings. The lowest BCUT2D eigenvalue weighted by molar-refractivity contribution is -0.122. The summed E-state index contributed by atoms with van der Waals surface area (Å²) in [4.78, 5) is 25.0. The molecule has 0 aliphatic heterocycles. The van der Waals surface area contributed by atoms with E-state index in [1.54, 1.807) is 19.1 Å². The SMILES string of the molecule is CC(Oc1ccc(C(C)C)cc1)C(=O)Nc1cccc(NC(=O)C2CCCCC2)c1. The molecule has 0 aromatic heterocycles. The summed E-state index contributed by atoms with van der Waals surface area (Å²) >= 11 is 0. The van der Waals surface area contributed by atoms with E-state index in [0.717, 1.165) is 25.7 Å². The van der Waals surface area contributed by atoms with E-state index in [1.165, 1.54) is 12.0 Å². The maximum Gasteiger partial charge on any atom is 0.265 e. The Kier molecular flexibility index (Phi) is 7.50. The first-order valence-corrected chi connectivity index (χ1v) is 10.9. The summed E-state index contributed by atoms with van der Waals surface area (Å²) < 4.78 is 5.78. The molecule has 0 spiro atoms. The molecular weight excluding hydrogens is 376 g/mol. The zero-order chi connectivity index (χ0) is 21.5. The monoisotopic (exact) mass is 408 g/mol. The normalized spacial score (nSPS) is 15.5. The summed E-state index contributed by atoms with van der Waals surface area (Å²) in [6.45, 7) is 6.00. The molecule has 2 aromatic rings. The number of amides is 2. The standard InChI is InChI=1S/C25H32N2O3/c1-17(2)19-12-14-23(15-13-19)30-18(3)24(28)26-21-10-7-11-22(16-21)27-25(29)20-8-5-4-6-9-20/h7,10-18,20H,4-6,8-9H2,1-3H3,(H,26,28)(H,27,29). The Morgan fingerprint density at radius 1 is 0.900 bits per heavy atom. The van der Waals surface area contributed by atoms with Gasteiger partial charge in [-0.2, -0.15) is 0 Å². The van der Waals surface area contributed by atoms with E-state index in [4.69, 9.17) is 4.74 Å². The minimum Gasteiger partial charge on any atom is -0.481 e. The van der Waals surface area contributed by atoms with Crippen molar-refractivity contribution in [3.8, 4) is 5.75 Å². The molecule has 0 saturated heterocycles. The van der Waals surface area contributed by atoms with Gasteiger partial charge in [-0.25, -0.2) is 0 Å². The number of hydrogen-bond donors (Lipinski definition) is 2. The Morgan fingerprint density at radius 2 is 1.53 bits per heavy atom. The molecule has 0 heterocycles. The summed E-state index contributed by atoms with van der Waals surface area (Å²) in [5, 5.41) is 5.86. The van der Waals surface area contributed by atoms with Gasteiger partial charge in [0.05, 0.1) is 0 Å². The molecule has 0 bridgehead atoms. The molecule has 0 radical (unpaired) electrons. The van der Waals surface area contributed by atoms with E-state index in [0.29, 0.717) is 23.0 Å². The third kappa shape index (κ3) is 6.09. The van der Waals surface area contributed by atoms with Gasteiger partial charge in [0.15, 0.2) is 6.10 Å². The number of rotatable bonds is 7. The topological polar surface area (TPSA) is 67.4 Å². The average Bonchev–Trinajstić information content (AvgIpc) is 2.75. The fourth-order valence-electron chi connectivity index (χ4n) is 3.72. The van der Waals surface area contributed by atoms with E-state index < -0.39 is 6.10 Å². The second kappa shape index (κ2) is 10.3. The lowest BCUT2D eigenvalue weighted by atomic mass is 9.88. The van der Waals surface area contributed by atoms with Crippen LogP contribution >= 0.6 is 0 Å². The van der Waals surface area contributed by atoms with Crippen LogP contribution < -0.4 is 15.4 Å². The number of anilines is 2. The first-order chi connectivity index (χ1) is 14.4. The van der Waals surface area contributed by atoms with Crippen LogP contribution in [-0.2, 0) is 9.59 Å². The molecule has 1 unspecified atom stereocenters. The lowest BCUT2D eigenvalue weighted by Gasteiger charge is -2.21.